The van der Waals surface area contributed by atoms with E-state index in [9.17, 15) is 4.79 Å². The lowest BCUT2D eigenvalue weighted by Gasteiger charge is -2.37. The molecule has 0 unspecified atom stereocenters. The van der Waals surface area contributed by atoms with Crippen molar-refractivity contribution in [3.05, 3.63) is 58.1 Å². The van der Waals surface area contributed by atoms with Crippen LogP contribution >= 0.6 is 23.2 Å². The first-order valence-electron chi connectivity index (χ1n) is 11.5. The Morgan fingerprint density at radius 2 is 1.70 bits per heavy atom. The highest BCUT2D eigenvalue weighted by Gasteiger charge is 2.24. The summed E-state index contributed by atoms with van der Waals surface area (Å²) in [7, 11) is 0. The molecule has 2 saturated heterocycles. The summed E-state index contributed by atoms with van der Waals surface area (Å²) in [6, 6.07) is 15.8. The van der Waals surface area contributed by atoms with E-state index >= 15 is 0 Å². The lowest BCUT2D eigenvalue weighted by molar-refractivity contribution is -0.132. The first kappa shape index (κ1) is 23.7. The highest BCUT2D eigenvalue weighted by atomic mass is 35.5. The van der Waals surface area contributed by atoms with E-state index in [0.717, 1.165) is 69.4 Å². The minimum absolute atomic E-state index is 0.245. The highest BCUT2D eigenvalue weighted by Crippen LogP contribution is 2.23. The van der Waals surface area contributed by atoms with Crippen LogP contribution in [-0.2, 0) is 4.79 Å². The molecule has 1 N–H and O–H groups in total. The van der Waals surface area contributed by atoms with E-state index in [0.29, 0.717) is 23.0 Å². The molecule has 1 amide bonds. The Balaban J connectivity index is 1.16. The Labute approximate surface area is 205 Å². The van der Waals surface area contributed by atoms with Gasteiger partial charge in [-0.25, -0.2) is 0 Å². The molecule has 2 aliphatic heterocycles. The molecule has 2 heterocycles. The average Bonchev–Trinajstić information content (AvgIpc) is 2.84. The number of hydrogen-bond donors (Lipinski definition) is 1. The molecule has 6 nitrogen and oxygen atoms in total. The maximum Gasteiger partial charge on any atom is 0.223 e. The fourth-order valence-electron chi connectivity index (χ4n) is 4.50. The van der Waals surface area contributed by atoms with Gasteiger partial charge in [-0.05, 0) is 55.3 Å². The SMILES string of the molecule is N#Cc1ccc(NC2CCN(C(=O)CCN3CCN(c4ccc(Cl)cc4)CC3)CC2)cc1Cl. The van der Waals surface area contributed by atoms with Crippen LogP contribution in [0.2, 0.25) is 10.0 Å². The standard InChI is InChI=1S/C25H29Cl2N5O/c26-20-2-5-23(6-3-20)31-15-13-30(14-16-31)10-9-25(33)32-11-7-21(8-12-32)29-22-4-1-19(18-28)24(27)17-22/h1-6,17,21,29H,7-16H2. The summed E-state index contributed by atoms with van der Waals surface area (Å²) < 4.78 is 0. The number of piperidine rings is 1. The third-order valence-corrected chi connectivity index (χ3v) is 7.08. The van der Waals surface area contributed by atoms with Gasteiger partial charge in [0.15, 0.2) is 0 Å². The van der Waals surface area contributed by atoms with E-state index in [4.69, 9.17) is 28.5 Å². The number of carbonyl (C=O) groups excluding carboxylic acids is 1. The Morgan fingerprint density at radius 3 is 2.33 bits per heavy atom. The van der Waals surface area contributed by atoms with Crippen molar-refractivity contribution in [1.82, 2.24) is 9.80 Å². The number of likely N-dealkylation sites (tertiary alicyclic amines) is 1. The molecule has 0 spiro atoms. The van der Waals surface area contributed by atoms with Gasteiger partial charge in [0.2, 0.25) is 5.91 Å². The van der Waals surface area contributed by atoms with Gasteiger partial charge in [-0.15, -0.1) is 0 Å². The van der Waals surface area contributed by atoms with Gasteiger partial charge in [0.1, 0.15) is 6.07 Å². The second-order valence-electron chi connectivity index (χ2n) is 8.66. The maximum atomic E-state index is 12.7. The molecule has 8 heteroatoms. The summed E-state index contributed by atoms with van der Waals surface area (Å²) in [5, 5.41) is 13.7. The van der Waals surface area contributed by atoms with E-state index in [1.165, 1.54) is 5.69 Å². The minimum Gasteiger partial charge on any atom is -0.382 e. The number of rotatable bonds is 6. The van der Waals surface area contributed by atoms with Gasteiger partial charge in [0.05, 0.1) is 10.6 Å². The van der Waals surface area contributed by atoms with E-state index < -0.39 is 0 Å². The van der Waals surface area contributed by atoms with Crippen molar-refractivity contribution < 1.29 is 4.79 Å². The van der Waals surface area contributed by atoms with Crippen molar-refractivity contribution in [3.8, 4) is 6.07 Å². The molecule has 174 valence electrons. The number of amides is 1. The van der Waals surface area contributed by atoms with Gasteiger partial charge < -0.3 is 15.1 Å². The average molecular weight is 486 g/mol. The van der Waals surface area contributed by atoms with E-state index in [2.05, 4.69) is 33.3 Å². The van der Waals surface area contributed by atoms with Crippen molar-refractivity contribution in [2.24, 2.45) is 0 Å². The Morgan fingerprint density at radius 1 is 1.00 bits per heavy atom. The summed E-state index contributed by atoms with van der Waals surface area (Å²) in [5.41, 5.74) is 2.60. The van der Waals surface area contributed by atoms with Gasteiger partial charge in [-0.1, -0.05) is 23.2 Å². The summed E-state index contributed by atoms with van der Waals surface area (Å²) in [4.78, 5) is 19.5. The quantitative estimate of drug-likeness (QED) is 0.653. The number of anilines is 2. The smallest absolute Gasteiger partial charge is 0.223 e. The van der Waals surface area contributed by atoms with Crippen LogP contribution in [0.4, 0.5) is 11.4 Å². The normalized spacial score (nSPS) is 17.6. The van der Waals surface area contributed by atoms with Crippen molar-refractivity contribution in [1.29, 1.82) is 5.26 Å². The van der Waals surface area contributed by atoms with Gasteiger partial charge >= 0.3 is 0 Å². The molecule has 0 bridgehead atoms. The number of carbonyl (C=O) groups is 1. The minimum atomic E-state index is 0.245. The zero-order chi connectivity index (χ0) is 23.2. The second kappa shape index (κ2) is 11.1. The molecule has 0 aliphatic carbocycles. The first-order chi connectivity index (χ1) is 16.0. The molecule has 4 rings (SSSR count). The zero-order valence-corrected chi connectivity index (χ0v) is 20.2. The number of halogens is 2. The van der Waals surface area contributed by atoms with E-state index in [1.54, 1.807) is 12.1 Å². The number of benzene rings is 2. The predicted octanol–water partition coefficient (Wildman–Crippen LogP) is 4.48. The number of nitrogens with one attached hydrogen (secondary N) is 1. The predicted molar refractivity (Wildman–Crippen MR) is 134 cm³/mol. The Hall–Kier alpha value is -2.46. The van der Waals surface area contributed by atoms with Gasteiger partial charge in [-0.2, -0.15) is 5.26 Å². The fourth-order valence-corrected chi connectivity index (χ4v) is 4.85. The van der Waals surface area contributed by atoms with Gasteiger partial charge in [0.25, 0.3) is 0 Å². The highest BCUT2D eigenvalue weighted by molar-refractivity contribution is 6.32. The van der Waals surface area contributed by atoms with Crippen LogP contribution in [0.25, 0.3) is 0 Å². The number of hydrogen-bond acceptors (Lipinski definition) is 5. The van der Waals surface area contributed by atoms with Crippen molar-refractivity contribution >= 4 is 40.5 Å². The number of nitrogens with zero attached hydrogens (tertiary/aromatic N) is 4. The van der Waals surface area contributed by atoms with Crippen LogP contribution in [0.3, 0.4) is 0 Å². The van der Waals surface area contributed by atoms with Crippen LogP contribution in [0.1, 0.15) is 24.8 Å². The molecule has 2 fully saturated rings. The maximum absolute atomic E-state index is 12.7. The van der Waals surface area contributed by atoms with Gasteiger partial charge in [0, 0.05) is 74.7 Å². The molecular formula is C25H29Cl2N5O. The molecule has 0 saturated carbocycles. The van der Waals surface area contributed by atoms with Crippen molar-refractivity contribution in [2.45, 2.75) is 25.3 Å². The zero-order valence-electron chi connectivity index (χ0n) is 18.6. The lowest BCUT2D eigenvalue weighted by atomic mass is 10.0. The lowest BCUT2D eigenvalue weighted by Crippen LogP contribution is -2.48. The molecule has 0 aromatic heterocycles. The summed E-state index contributed by atoms with van der Waals surface area (Å²) >= 11 is 12.1. The Bertz CT molecular complexity index is 991. The third-order valence-electron chi connectivity index (χ3n) is 6.51. The van der Waals surface area contributed by atoms with Crippen LogP contribution < -0.4 is 10.2 Å². The molecule has 2 aromatic rings. The van der Waals surface area contributed by atoms with Crippen molar-refractivity contribution in [2.75, 3.05) is 56.0 Å². The van der Waals surface area contributed by atoms with Crippen LogP contribution in [0.15, 0.2) is 42.5 Å². The molecule has 0 atom stereocenters. The van der Waals surface area contributed by atoms with E-state index in [-0.39, 0.29) is 5.91 Å². The first-order valence-corrected chi connectivity index (χ1v) is 12.2. The molecule has 2 aromatic carbocycles. The Kier molecular flexibility index (Phi) is 7.97. The molecular weight excluding hydrogens is 457 g/mol. The summed E-state index contributed by atoms with van der Waals surface area (Å²) in [6.45, 7) is 6.22. The molecule has 0 radical (unpaired) electrons. The molecule has 33 heavy (non-hydrogen) atoms. The third kappa shape index (κ3) is 6.32. The van der Waals surface area contributed by atoms with Crippen LogP contribution in [0, 0.1) is 11.3 Å². The molecule has 2 aliphatic rings. The number of piperazine rings is 1. The van der Waals surface area contributed by atoms with Crippen molar-refractivity contribution in [3.63, 3.8) is 0 Å². The van der Waals surface area contributed by atoms with Gasteiger partial charge in [-0.3, -0.25) is 9.69 Å². The van der Waals surface area contributed by atoms with Crippen LogP contribution in [0.5, 0.6) is 0 Å². The van der Waals surface area contributed by atoms with Crippen LogP contribution in [-0.4, -0.2) is 67.6 Å². The van der Waals surface area contributed by atoms with E-state index in [1.807, 2.05) is 23.1 Å². The monoisotopic (exact) mass is 485 g/mol. The fraction of sp³-hybridized carbons (Fsp3) is 0.440. The summed E-state index contributed by atoms with van der Waals surface area (Å²) in [5.74, 6) is 0.245. The number of nitriles is 1. The second-order valence-corrected chi connectivity index (χ2v) is 9.50. The topological polar surface area (TPSA) is 62.6 Å². The largest absolute Gasteiger partial charge is 0.382 e. The summed E-state index contributed by atoms with van der Waals surface area (Å²) in [6.07, 6.45) is 2.39.